The molecule has 1 aliphatic carbocycles. The van der Waals surface area contributed by atoms with E-state index in [1.54, 1.807) is 0 Å². The first-order valence-corrected chi connectivity index (χ1v) is 4.19. The average molecular weight is 182 g/mol. The van der Waals surface area contributed by atoms with Gasteiger partial charge in [-0.3, -0.25) is 0 Å². The first-order valence-electron chi connectivity index (χ1n) is 4.19. The predicted octanol–water partition coefficient (Wildman–Crippen LogP) is 2.49. The Hall–Kier alpha value is -0.250. The van der Waals surface area contributed by atoms with E-state index in [1.807, 2.05) is 0 Å². The Bertz CT molecular complexity index is 147. The van der Waals surface area contributed by atoms with Crippen molar-refractivity contribution in [2.24, 2.45) is 5.41 Å². The second kappa shape index (κ2) is 3.24. The molecule has 0 aromatic heterocycles. The molecule has 1 aliphatic rings. The molecule has 12 heavy (non-hydrogen) atoms. The van der Waals surface area contributed by atoms with Gasteiger partial charge in [0.2, 0.25) is 0 Å². The number of hydrogen-bond donors (Lipinski definition) is 1. The van der Waals surface area contributed by atoms with Gasteiger partial charge < -0.3 is 5.11 Å². The number of aliphatic hydroxyl groups excluding tert-OH is 1. The van der Waals surface area contributed by atoms with Gasteiger partial charge in [-0.2, -0.15) is 13.2 Å². The van der Waals surface area contributed by atoms with Crippen molar-refractivity contribution in [2.45, 2.75) is 38.3 Å². The van der Waals surface area contributed by atoms with E-state index in [1.165, 1.54) is 0 Å². The molecule has 0 atom stereocenters. The van der Waals surface area contributed by atoms with Crippen LogP contribution in [0.3, 0.4) is 0 Å². The van der Waals surface area contributed by atoms with Crippen LogP contribution in [0.4, 0.5) is 13.2 Å². The molecular weight excluding hydrogens is 169 g/mol. The van der Waals surface area contributed by atoms with Crippen LogP contribution in [0.1, 0.15) is 32.1 Å². The van der Waals surface area contributed by atoms with Crippen molar-refractivity contribution in [2.75, 3.05) is 6.61 Å². The summed E-state index contributed by atoms with van der Waals surface area (Å²) in [7, 11) is 0. The lowest BCUT2D eigenvalue weighted by Crippen LogP contribution is -2.42. The van der Waals surface area contributed by atoms with Crippen molar-refractivity contribution in [1.82, 2.24) is 0 Å². The summed E-state index contributed by atoms with van der Waals surface area (Å²) in [5, 5.41) is 8.76. The predicted molar refractivity (Wildman–Crippen MR) is 38.7 cm³/mol. The molecule has 0 bridgehead atoms. The molecule has 72 valence electrons. The van der Waals surface area contributed by atoms with Crippen molar-refractivity contribution >= 4 is 0 Å². The molecule has 0 unspecified atom stereocenters. The molecule has 0 spiro atoms. The smallest absolute Gasteiger partial charge is 0.395 e. The molecule has 0 aromatic carbocycles. The van der Waals surface area contributed by atoms with Crippen LogP contribution in [0.25, 0.3) is 0 Å². The highest BCUT2D eigenvalue weighted by Crippen LogP contribution is 2.48. The summed E-state index contributed by atoms with van der Waals surface area (Å²) in [5.74, 6) is 0. The van der Waals surface area contributed by atoms with Crippen LogP contribution in [0.15, 0.2) is 0 Å². The van der Waals surface area contributed by atoms with Gasteiger partial charge in [0, 0.05) is 0 Å². The summed E-state index contributed by atoms with van der Waals surface area (Å²) < 4.78 is 37.3. The van der Waals surface area contributed by atoms with E-state index < -0.39 is 18.2 Å². The van der Waals surface area contributed by atoms with Gasteiger partial charge in [0.1, 0.15) is 0 Å². The molecule has 0 amide bonds. The normalized spacial score (nSPS) is 24.0. The van der Waals surface area contributed by atoms with Gasteiger partial charge >= 0.3 is 6.18 Å². The Kier molecular flexibility index (Phi) is 2.66. The Morgan fingerprint density at radius 2 is 1.58 bits per heavy atom. The number of hydrogen-bond acceptors (Lipinski definition) is 1. The molecular formula is C8H13F3O. The van der Waals surface area contributed by atoms with Gasteiger partial charge in [-0.1, -0.05) is 19.3 Å². The maximum atomic E-state index is 12.4. The van der Waals surface area contributed by atoms with E-state index in [0.29, 0.717) is 12.8 Å². The largest absolute Gasteiger partial charge is 0.396 e. The fourth-order valence-electron chi connectivity index (χ4n) is 1.76. The number of rotatable bonds is 1. The molecule has 1 saturated carbocycles. The summed E-state index contributed by atoms with van der Waals surface area (Å²) in [6, 6.07) is 0. The minimum Gasteiger partial charge on any atom is -0.395 e. The van der Waals surface area contributed by atoms with Crippen molar-refractivity contribution in [3.63, 3.8) is 0 Å². The third-order valence-electron chi connectivity index (χ3n) is 2.71. The van der Waals surface area contributed by atoms with Crippen LogP contribution in [0.5, 0.6) is 0 Å². The molecule has 1 nitrogen and oxygen atoms in total. The highest BCUT2D eigenvalue weighted by molar-refractivity contribution is 4.88. The SMILES string of the molecule is OCC1(C(F)(F)F)CCCCC1. The van der Waals surface area contributed by atoms with Crippen LogP contribution in [0.2, 0.25) is 0 Å². The Balaban J connectivity index is 2.73. The molecule has 0 aliphatic heterocycles. The summed E-state index contributed by atoms with van der Waals surface area (Å²) in [4.78, 5) is 0. The molecule has 0 saturated heterocycles. The Morgan fingerprint density at radius 1 is 1.08 bits per heavy atom. The second-order valence-electron chi connectivity index (χ2n) is 3.50. The summed E-state index contributed by atoms with van der Waals surface area (Å²) >= 11 is 0. The lowest BCUT2D eigenvalue weighted by molar-refractivity contribution is -0.245. The highest BCUT2D eigenvalue weighted by atomic mass is 19.4. The number of halogens is 3. The van der Waals surface area contributed by atoms with Gasteiger partial charge in [0.15, 0.2) is 0 Å². The molecule has 1 fully saturated rings. The topological polar surface area (TPSA) is 20.2 Å². The van der Waals surface area contributed by atoms with Crippen LogP contribution in [-0.2, 0) is 0 Å². The zero-order valence-corrected chi connectivity index (χ0v) is 6.82. The summed E-state index contributed by atoms with van der Waals surface area (Å²) in [6.07, 6.45) is -2.03. The first-order chi connectivity index (χ1) is 5.52. The van der Waals surface area contributed by atoms with Crippen LogP contribution in [0, 0.1) is 5.41 Å². The Labute approximate surface area is 69.6 Å². The lowest BCUT2D eigenvalue weighted by Gasteiger charge is -2.37. The average Bonchev–Trinajstić information content (AvgIpc) is 2.04. The molecule has 0 aromatic rings. The minimum atomic E-state index is -4.23. The number of aliphatic hydroxyl groups is 1. The third kappa shape index (κ3) is 1.58. The van der Waals surface area contributed by atoms with Crippen molar-refractivity contribution in [3.05, 3.63) is 0 Å². The van der Waals surface area contributed by atoms with E-state index in [9.17, 15) is 13.2 Å². The fourth-order valence-corrected chi connectivity index (χ4v) is 1.76. The van der Waals surface area contributed by atoms with Gasteiger partial charge in [0.05, 0.1) is 12.0 Å². The zero-order chi connectivity index (χ0) is 9.24. The maximum absolute atomic E-state index is 12.4. The maximum Gasteiger partial charge on any atom is 0.396 e. The van der Waals surface area contributed by atoms with E-state index in [4.69, 9.17) is 5.11 Å². The van der Waals surface area contributed by atoms with Gasteiger partial charge in [-0.25, -0.2) is 0 Å². The molecule has 1 N–H and O–H groups in total. The third-order valence-corrected chi connectivity index (χ3v) is 2.71. The van der Waals surface area contributed by atoms with E-state index >= 15 is 0 Å². The summed E-state index contributed by atoms with van der Waals surface area (Å²) in [6.45, 7) is -0.753. The van der Waals surface area contributed by atoms with Crippen molar-refractivity contribution in [1.29, 1.82) is 0 Å². The van der Waals surface area contributed by atoms with Gasteiger partial charge in [-0.05, 0) is 12.8 Å². The number of alkyl halides is 3. The van der Waals surface area contributed by atoms with E-state index in [-0.39, 0.29) is 12.8 Å². The molecule has 4 heteroatoms. The summed E-state index contributed by atoms with van der Waals surface area (Å²) in [5.41, 5.74) is -1.79. The van der Waals surface area contributed by atoms with E-state index in [0.717, 1.165) is 6.42 Å². The van der Waals surface area contributed by atoms with Crippen LogP contribution < -0.4 is 0 Å². The Morgan fingerprint density at radius 3 is 1.83 bits per heavy atom. The monoisotopic (exact) mass is 182 g/mol. The zero-order valence-electron chi connectivity index (χ0n) is 6.82. The second-order valence-corrected chi connectivity index (χ2v) is 3.50. The first kappa shape index (κ1) is 9.84. The quantitative estimate of drug-likeness (QED) is 0.660. The molecule has 0 radical (unpaired) electrons. The highest BCUT2D eigenvalue weighted by Gasteiger charge is 2.54. The van der Waals surface area contributed by atoms with Gasteiger partial charge in [-0.15, -0.1) is 0 Å². The van der Waals surface area contributed by atoms with Crippen molar-refractivity contribution < 1.29 is 18.3 Å². The lowest BCUT2D eigenvalue weighted by atomic mass is 9.74. The fraction of sp³-hybridized carbons (Fsp3) is 1.00. The minimum absolute atomic E-state index is 0.0903. The van der Waals surface area contributed by atoms with Crippen molar-refractivity contribution in [3.8, 4) is 0 Å². The standard InChI is InChI=1S/C8H13F3O/c9-8(10,11)7(6-12)4-2-1-3-5-7/h12H,1-6H2. The van der Waals surface area contributed by atoms with E-state index in [2.05, 4.69) is 0 Å². The molecule has 1 rings (SSSR count). The molecule has 0 heterocycles. The van der Waals surface area contributed by atoms with Crippen LogP contribution >= 0.6 is 0 Å². The van der Waals surface area contributed by atoms with Crippen LogP contribution in [-0.4, -0.2) is 17.9 Å². The van der Waals surface area contributed by atoms with Gasteiger partial charge in [0.25, 0.3) is 0 Å².